The van der Waals surface area contributed by atoms with Crippen molar-refractivity contribution in [3.63, 3.8) is 0 Å². The molecule has 0 saturated heterocycles. The lowest BCUT2D eigenvalue weighted by Gasteiger charge is -2.32. The van der Waals surface area contributed by atoms with Crippen LogP contribution in [0.5, 0.6) is 0 Å². The van der Waals surface area contributed by atoms with Gasteiger partial charge in [0.05, 0.1) is 27.4 Å². The Hall–Kier alpha value is -1.34. The largest absolute Gasteiger partial charge is 0.478 e. The quantitative estimate of drug-likeness (QED) is 0.458. The van der Waals surface area contributed by atoms with E-state index in [1.807, 2.05) is 23.2 Å². The lowest BCUT2D eigenvalue weighted by molar-refractivity contribution is -0.133. The van der Waals surface area contributed by atoms with Gasteiger partial charge in [0.1, 0.15) is 0 Å². The fraction of sp³-hybridized carbons (Fsp3) is 0.100. The predicted molar refractivity (Wildman–Crippen MR) is 130 cm³/mol. The Bertz CT molecular complexity index is 1060. The minimum atomic E-state index is -1.01. The number of benzene rings is 2. The van der Waals surface area contributed by atoms with Gasteiger partial charge >= 0.3 is 5.97 Å². The predicted octanol–water partition coefficient (Wildman–Crippen LogP) is 7.31. The number of hydrogen-bond acceptors (Lipinski definition) is 4. The number of rotatable bonds is 3. The average molecular weight is 525 g/mol. The van der Waals surface area contributed by atoms with Crippen molar-refractivity contribution in [2.24, 2.45) is 4.99 Å². The first kappa shape index (κ1) is 24.9. The minimum absolute atomic E-state index is 0. The number of thioether (sulfide) groups is 1. The summed E-state index contributed by atoms with van der Waals surface area (Å²) in [6.45, 7) is 1.71. The van der Waals surface area contributed by atoms with E-state index in [0.717, 1.165) is 10.5 Å². The Balaban J connectivity index is 0.00000160. The molecule has 0 aliphatic carbocycles. The summed E-state index contributed by atoms with van der Waals surface area (Å²) in [6, 6.07) is 11.9. The summed E-state index contributed by atoms with van der Waals surface area (Å²) >= 11 is 20.2. The second kappa shape index (κ2) is 9.86. The molecular weight excluding hydrogens is 510 g/mol. The Morgan fingerprint density at radius 2 is 1.67 bits per heavy atom. The van der Waals surface area contributed by atoms with Crippen molar-refractivity contribution in [2.75, 3.05) is 0 Å². The number of carboxylic acid groups (broad SMARTS) is 1. The Morgan fingerprint density at radius 3 is 2.23 bits per heavy atom. The third-order valence-electron chi connectivity index (χ3n) is 4.51. The molecule has 0 amide bonds. The fourth-order valence-corrected chi connectivity index (χ4v) is 5.23. The molecule has 2 heterocycles. The third-order valence-corrected chi connectivity index (χ3v) is 6.40. The van der Waals surface area contributed by atoms with E-state index in [2.05, 4.69) is 4.99 Å². The van der Waals surface area contributed by atoms with Crippen molar-refractivity contribution in [1.29, 1.82) is 0 Å². The van der Waals surface area contributed by atoms with Crippen LogP contribution in [0, 0.1) is 0 Å². The van der Waals surface area contributed by atoms with Crippen LogP contribution in [-0.4, -0.2) is 21.1 Å². The number of carbonyl (C=O) groups is 1. The molecule has 4 rings (SSSR count). The number of amidine groups is 1. The molecule has 0 radical (unpaired) electrons. The van der Waals surface area contributed by atoms with Crippen molar-refractivity contribution < 1.29 is 9.90 Å². The van der Waals surface area contributed by atoms with Crippen LogP contribution >= 0.6 is 71.4 Å². The van der Waals surface area contributed by atoms with Gasteiger partial charge < -0.3 is 10.0 Å². The monoisotopic (exact) mass is 522 g/mol. The van der Waals surface area contributed by atoms with Gasteiger partial charge in [-0.25, -0.2) is 9.79 Å². The zero-order valence-electron chi connectivity index (χ0n) is 15.3. The summed E-state index contributed by atoms with van der Waals surface area (Å²) in [5.41, 5.74) is 2.19. The molecule has 30 heavy (non-hydrogen) atoms. The van der Waals surface area contributed by atoms with Crippen LogP contribution in [0.25, 0.3) is 4.91 Å². The van der Waals surface area contributed by atoms with E-state index < -0.39 is 12.0 Å². The molecule has 158 valence electrons. The maximum absolute atomic E-state index is 12.0. The van der Waals surface area contributed by atoms with Crippen LogP contribution in [0.3, 0.4) is 0 Å². The van der Waals surface area contributed by atoms with E-state index in [-0.39, 0.29) is 30.4 Å². The topological polar surface area (TPSA) is 52.9 Å². The zero-order chi connectivity index (χ0) is 20.0. The van der Waals surface area contributed by atoms with E-state index in [1.165, 1.54) is 11.8 Å². The van der Waals surface area contributed by atoms with Crippen LogP contribution < -0.4 is 0 Å². The summed E-state index contributed by atoms with van der Waals surface area (Å²) in [5.74, 6) is -1.01. The first-order chi connectivity index (χ1) is 13.4. The zero-order valence-corrected chi connectivity index (χ0v) is 20.0. The van der Waals surface area contributed by atoms with Crippen LogP contribution in [-0.2, 0) is 4.79 Å². The first-order valence-corrected chi connectivity index (χ1v) is 10.2. The number of fused-ring (bicyclic) bond motifs is 1. The Morgan fingerprint density at radius 1 is 1.07 bits per heavy atom. The lowest BCUT2D eigenvalue weighted by atomic mass is 9.95. The van der Waals surface area contributed by atoms with Gasteiger partial charge in [0.15, 0.2) is 5.17 Å². The summed E-state index contributed by atoms with van der Waals surface area (Å²) in [7, 11) is 0. The molecule has 4 nitrogen and oxygen atoms in total. The van der Waals surface area contributed by atoms with Crippen LogP contribution in [0.4, 0.5) is 0 Å². The normalized spacial score (nSPS) is 17.5. The number of carboxylic acids is 1. The molecule has 1 atom stereocenters. The van der Waals surface area contributed by atoms with E-state index in [0.29, 0.717) is 31.5 Å². The van der Waals surface area contributed by atoms with Crippen molar-refractivity contribution in [2.45, 2.75) is 13.0 Å². The molecule has 10 heteroatoms. The van der Waals surface area contributed by atoms with Gasteiger partial charge in [0, 0.05) is 21.7 Å². The molecule has 1 unspecified atom stereocenters. The molecule has 2 aromatic carbocycles. The van der Waals surface area contributed by atoms with E-state index in [4.69, 9.17) is 34.8 Å². The van der Waals surface area contributed by atoms with Crippen molar-refractivity contribution >= 4 is 87.4 Å². The first-order valence-electron chi connectivity index (χ1n) is 8.27. The van der Waals surface area contributed by atoms with Gasteiger partial charge in [-0.3, -0.25) is 0 Å². The van der Waals surface area contributed by atoms with Crippen molar-refractivity contribution in [3.8, 4) is 0 Å². The van der Waals surface area contributed by atoms with Crippen LogP contribution in [0.2, 0.25) is 15.1 Å². The van der Waals surface area contributed by atoms with E-state index >= 15 is 0 Å². The number of hydrogen-bond donors (Lipinski definition) is 1. The second-order valence-corrected chi connectivity index (χ2v) is 8.51. The molecule has 0 aromatic heterocycles. The maximum atomic E-state index is 12.0. The molecule has 2 aromatic rings. The van der Waals surface area contributed by atoms with Gasteiger partial charge in [-0.15, -0.1) is 24.8 Å². The molecular formula is C20H15Cl5N2O2S. The number of halogens is 5. The van der Waals surface area contributed by atoms with Crippen molar-refractivity contribution in [1.82, 2.24) is 4.90 Å². The smallest absolute Gasteiger partial charge is 0.335 e. The van der Waals surface area contributed by atoms with Gasteiger partial charge in [-0.1, -0.05) is 53.0 Å². The molecule has 0 fully saturated rings. The highest BCUT2D eigenvalue weighted by Gasteiger charge is 2.39. The highest BCUT2D eigenvalue weighted by atomic mass is 35.5. The number of nitrogens with zero attached hydrogens (tertiary/aromatic N) is 2. The second-order valence-electron chi connectivity index (χ2n) is 6.25. The number of aliphatic imine (C=N–C) groups is 1. The van der Waals surface area contributed by atoms with Gasteiger partial charge in [-0.2, -0.15) is 0 Å². The molecule has 0 spiro atoms. The summed E-state index contributed by atoms with van der Waals surface area (Å²) in [4.78, 5) is 19.2. The SMILES string of the molecule is CC1=C(C(=O)O)C(c2ccc(Cl)cc2)N2C=C(c3c(Cl)cccc3Cl)SC2=N1.Cl.Cl. The highest BCUT2D eigenvalue weighted by Crippen LogP contribution is 2.48. The van der Waals surface area contributed by atoms with Gasteiger partial charge in [-0.05, 0) is 48.5 Å². The maximum Gasteiger partial charge on any atom is 0.335 e. The Kier molecular flexibility index (Phi) is 8.19. The number of allylic oxidation sites excluding steroid dienone is 1. The third kappa shape index (κ3) is 4.47. The summed E-state index contributed by atoms with van der Waals surface area (Å²) in [5, 5.41) is 12.1. The highest BCUT2D eigenvalue weighted by molar-refractivity contribution is 8.22. The van der Waals surface area contributed by atoms with Crippen LogP contribution in [0.1, 0.15) is 24.1 Å². The molecule has 0 bridgehead atoms. The van der Waals surface area contributed by atoms with E-state index in [9.17, 15) is 9.90 Å². The van der Waals surface area contributed by atoms with Crippen molar-refractivity contribution in [3.05, 3.63) is 86.1 Å². The fourth-order valence-electron chi connectivity index (χ4n) is 3.26. The van der Waals surface area contributed by atoms with Gasteiger partial charge in [0.2, 0.25) is 0 Å². The minimum Gasteiger partial charge on any atom is -0.478 e. The lowest BCUT2D eigenvalue weighted by Crippen LogP contribution is -2.33. The van der Waals surface area contributed by atoms with Gasteiger partial charge in [0.25, 0.3) is 0 Å². The summed E-state index contributed by atoms with van der Waals surface area (Å²) in [6.07, 6.45) is 1.85. The van der Waals surface area contributed by atoms with Crippen LogP contribution in [0.15, 0.2) is 64.9 Å². The molecule has 2 aliphatic heterocycles. The molecule has 0 saturated carbocycles. The summed E-state index contributed by atoms with van der Waals surface area (Å²) < 4.78 is 0. The number of aliphatic carboxylic acids is 1. The average Bonchev–Trinajstić information content (AvgIpc) is 3.04. The van der Waals surface area contributed by atoms with E-state index in [1.54, 1.807) is 37.3 Å². The molecule has 1 N–H and O–H groups in total. The molecule has 2 aliphatic rings. The standard InChI is InChI=1S/C20H13Cl3N2O2S.2ClH/c1-10-16(19(26)27)18(11-5-7-12(21)8-6-11)25-9-15(28-20(25)24-10)17-13(22)3-2-4-14(17)23;;/h2-9,18H,1H3,(H,26,27);2*1H. The Labute approximate surface area is 205 Å².